The molecule has 100 valence electrons. The van der Waals surface area contributed by atoms with Crippen LogP contribution in [0.3, 0.4) is 0 Å². The molecular formula is C11H18N4O3. The number of hydrogen-bond donors (Lipinski definition) is 1. The van der Waals surface area contributed by atoms with E-state index >= 15 is 0 Å². The molecule has 2 rings (SSSR count). The zero-order valence-electron chi connectivity index (χ0n) is 10.7. The number of rotatable bonds is 3. The van der Waals surface area contributed by atoms with E-state index in [4.69, 9.17) is 15.2 Å². The summed E-state index contributed by atoms with van der Waals surface area (Å²) < 4.78 is 11.7. The molecule has 18 heavy (non-hydrogen) atoms. The van der Waals surface area contributed by atoms with E-state index in [1.807, 2.05) is 11.8 Å². The first-order chi connectivity index (χ1) is 8.69. The van der Waals surface area contributed by atoms with Gasteiger partial charge in [0.15, 0.2) is 5.82 Å². The largest absolute Gasteiger partial charge is 0.465 e. The van der Waals surface area contributed by atoms with Crippen molar-refractivity contribution in [3.05, 3.63) is 5.56 Å². The molecule has 0 aromatic carbocycles. The molecule has 1 aliphatic rings. The molecule has 0 amide bonds. The first-order valence-corrected chi connectivity index (χ1v) is 5.96. The highest BCUT2D eigenvalue weighted by Gasteiger charge is 2.27. The van der Waals surface area contributed by atoms with Gasteiger partial charge in [0.25, 0.3) is 0 Å². The highest BCUT2D eigenvalue weighted by molar-refractivity contribution is 5.99. The van der Waals surface area contributed by atoms with Gasteiger partial charge in [0, 0.05) is 19.6 Å². The van der Waals surface area contributed by atoms with Crippen LogP contribution in [0.1, 0.15) is 17.3 Å². The smallest absolute Gasteiger partial charge is 0.345 e. The summed E-state index contributed by atoms with van der Waals surface area (Å²) in [6.45, 7) is 5.18. The molecule has 7 heteroatoms. The number of esters is 1. The van der Waals surface area contributed by atoms with E-state index in [0.29, 0.717) is 50.0 Å². The first-order valence-electron chi connectivity index (χ1n) is 5.96. The van der Waals surface area contributed by atoms with Crippen LogP contribution in [0, 0.1) is 0 Å². The van der Waals surface area contributed by atoms with E-state index < -0.39 is 5.97 Å². The van der Waals surface area contributed by atoms with Crippen LogP contribution in [-0.4, -0.2) is 49.2 Å². The Morgan fingerprint density at radius 1 is 1.50 bits per heavy atom. The predicted octanol–water partition coefficient (Wildman–Crippen LogP) is 0.108. The number of nitrogens with zero attached hydrogens (tertiary/aromatic N) is 3. The predicted molar refractivity (Wildman–Crippen MR) is 66.7 cm³/mol. The summed E-state index contributed by atoms with van der Waals surface area (Å²) in [5, 5.41) is 4.38. The zero-order valence-corrected chi connectivity index (χ0v) is 10.7. The summed E-state index contributed by atoms with van der Waals surface area (Å²) in [6.07, 6.45) is 0. The Bertz CT molecular complexity index is 438. The molecule has 1 aromatic rings. The van der Waals surface area contributed by atoms with E-state index in [1.54, 1.807) is 4.68 Å². The number of nitrogen functional groups attached to an aromatic ring is 1. The summed E-state index contributed by atoms with van der Waals surface area (Å²) in [5.74, 6) is 0.490. The lowest BCUT2D eigenvalue weighted by atomic mass is 10.2. The molecule has 2 heterocycles. The van der Waals surface area contributed by atoms with Gasteiger partial charge in [0.05, 0.1) is 20.3 Å². The van der Waals surface area contributed by atoms with E-state index in [1.165, 1.54) is 7.11 Å². The zero-order chi connectivity index (χ0) is 13.1. The van der Waals surface area contributed by atoms with Crippen molar-refractivity contribution in [1.82, 2.24) is 9.78 Å². The standard InChI is InChI=1S/C11H18N4O3/c1-3-15-9(12)8(11(16)17-2)10(13-15)14-4-6-18-7-5-14/h3-7,12H2,1-2H3. The number of ether oxygens (including phenoxy) is 2. The molecule has 1 aliphatic heterocycles. The van der Waals surface area contributed by atoms with Crippen LogP contribution < -0.4 is 10.6 Å². The van der Waals surface area contributed by atoms with Gasteiger partial charge >= 0.3 is 5.97 Å². The minimum absolute atomic E-state index is 0.348. The second kappa shape index (κ2) is 5.26. The van der Waals surface area contributed by atoms with Gasteiger partial charge in [-0.05, 0) is 6.92 Å². The molecule has 1 fully saturated rings. The number of anilines is 2. The Balaban J connectivity index is 2.40. The molecular weight excluding hydrogens is 236 g/mol. The average molecular weight is 254 g/mol. The summed E-state index contributed by atoms with van der Waals surface area (Å²) >= 11 is 0. The third-order valence-electron chi connectivity index (χ3n) is 2.97. The SMILES string of the molecule is CCn1nc(N2CCOCC2)c(C(=O)OC)c1N. The van der Waals surface area contributed by atoms with Crippen molar-refractivity contribution in [3.8, 4) is 0 Å². The molecule has 0 unspecified atom stereocenters. The normalized spacial score (nSPS) is 15.8. The summed E-state index contributed by atoms with van der Waals surface area (Å²) in [7, 11) is 1.34. The fraction of sp³-hybridized carbons (Fsp3) is 0.636. The minimum Gasteiger partial charge on any atom is -0.465 e. The van der Waals surface area contributed by atoms with E-state index in [0.717, 1.165) is 0 Å². The summed E-state index contributed by atoms with van der Waals surface area (Å²) in [5.41, 5.74) is 6.29. The quantitative estimate of drug-likeness (QED) is 0.771. The lowest BCUT2D eigenvalue weighted by molar-refractivity contribution is 0.0601. The monoisotopic (exact) mass is 254 g/mol. The molecule has 1 saturated heterocycles. The summed E-state index contributed by atoms with van der Waals surface area (Å²) in [4.78, 5) is 13.8. The topological polar surface area (TPSA) is 82.6 Å². The van der Waals surface area contributed by atoms with E-state index in [2.05, 4.69) is 5.10 Å². The second-order valence-electron chi connectivity index (χ2n) is 3.99. The Hall–Kier alpha value is -1.76. The van der Waals surface area contributed by atoms with Gasteiger partial charge in [0.1, 0.15) is 11.4 Å². The van der Waals surface area contributed by atoms with Crippen molar-refractivity contribution >= 4 is 17.6 Å². The minimum atomic E-state index is -0.450. The van der Waals surface area contributed by atoms with Crippen LogP contribution in [0.15, 0.2) is 0 Å². The van der Waals surface area contributed by atoms with Crippen LogP contribution in [0.25, 0.3) is 0 Å². The Morgan fingerprint density at radius 3 is 2.72 bits per heavy atom. The van der Waals surface area contributed by atoms with Crippen molar-refractivity contribution in [1.29, 1.82) is 0 Å². The van der Waals surface area contributed by atoms with Crippen molar-refractivity contribution in [2.75, 3.05) is 44.0 Å². The molecule has 0 atom stereocenters. The molecule has 0 bridgehead atoms. The van der Waals surface area contributed by atoms with Gasteiger partial charge in [-0.3, -0.25) is 0 Å². The highest BCUT2D eigenvalue weighted by Crippen LogP contribution is 2.26. The lowest BCUT2D eigenvalue weighted by Gasteiger charge is -2.27. The van der Waals surface area contributed by atoms with Gasteiger partial charge in [-0.15, -0.1) is 0 Å². The van der Waals surface area contributed by atoms with E-state index in [-0.39, 0.29) is 0 Å². The van der Waals surface area contributed by atoms with Crippen molar-refractivity contribution in [2.24, 2.45) is 0 Å². The molecule has 2 N–H and O–H groups in total. The van der Waals surface area contributed by atoms with Gasteiger partial charge in [0.2, 0.25) is 0 Å². The maximum absolute atomic E-state index is 11.8. The van der Waals surface area contributed by atoms with Crippen LogP contribution in [0.5, 0.6) is 0 Å². The molecule has 7 nitrogen and oxygen atoms in total. The van der Waals surface area contributed by atoms with Crippen molar-refractivity contribution in [2.45, 2.75) is 13.5 Å². The number of hydrogen-bond acceptors (Lipinski definition) is 6. The number of morpholine rings is 1. The molecule has 0 aliphatic carbocycles. The van der Waals surface area contributed by atoms with Gasteiger partial charge in [-0.25, -0.2) is 9.48 Å². The molecule has 0 spiro atoms. The number of aryl methyl sites for hydroxylation is 1. The highest BCUT2D eigenvalue weighted by atomic mass is 16.5. The van der Waals surface area contributed by atoms with Gasteiger partial charge < -0.3 is 20.1 Å². The average Bonchev–Trinajstić information content (AvgIpc) is 2.76. The molecule has 1 aromatic heterocycles. The number of carbonyl (C=O) groups is 1. The second-order valence-corrected chi connectivity index (χ2v) is 3.99. The van der Waals surface area contributed by atoms with Crippen LogP contribution in [-0.2, 0) is 16.0 Å². The van der Waals surface area contributed by atoms with Gasteiger partial charge in [-0.1, -0.05) is 0 Å². The molecule has 0 saturated carbocycles. The van der Waals surface area contributed by atoms with Crippen LogP contribution in [0.2, 0.25) is 0 Å². The Kier molecular flexibility index (Phi) is 3.71. The third-order valence-corrected chi connectivity index (χ3v) is 2.97. The van der Waals surface area contributed by atoms with Crippen LogP contribution in [0.4, 0.5) is 11.6 Å². The van der Waals surface area contributed by atoms with Crippen molar-refractivity contribution < 1.29 is 14.3 Å². The fourth-order valence-corrected chi connectivity index (χ4v) is 2.00. The van der Waals surface area contributed by atoms with Crippen molar-refractivity contribution in [3.63, 3.8) is 0 Å². The number of aromatic nitrogens is 2. The Morgan fingerprint density at radius 2 is 2.17 bits per heavy atom. The first kappa shape index (κ1) is 12.7. The number of methoxy groups -OCH3 is 1. The van der Waals surface area contributed by atoms with Crippen LogP contribution >= 0.6 is 0 Å². The maximum Gasteiger partial charge on any atom is 0.345 e. The number of carbonyl (C=O) groups excluding carboxylic acids is 1. The van der Waals surface area contributed by atoms with E-state index in [9.17, 15) is 4.79 Å². The fourth-order valence-electron chi connectivity index (χ4n) is 2.00. The lowest BCUT2D eigenvalue weighted by Crippen LogP contribution is -2.37. The number of nitrogens with two attached hydrogens (primary N) is 1. The third kappa shape index (κ3) is 2.13. The Labute approximate surface area is 105 Å². The maximum atomic E-state index is 11.8. The van der Waals surface area contributed by atoms with Gasteiger partial charge in [-0.2, -0.15) is 5.10 Å². The molecule has 0 radical (unpaired) electrons. The summed E-state index contributed by atoms with van der Waals surface area (Å²) in [6, 6.07) is 0.